The van der Waals surface area contributed by atoms with Gasteiger partial charge in [-0.3, -0.25) is 9.69 Å². The molecule has 0 N–H and O–H groups in total. The first-order valence-corrected chi connectivity index (χ1v) is 8.28. The van der Waals surface area contributed by atoms with E-state index in [0.717, 1.165) is 11.1 Å². The fourth-order valence-corrected chi connectivity index (χ4v) is 2.63. The zero-order valence-electron chi connectivity index (χ0n) is 14.6. The highest BCUT2D eigenvalue weighted by Crippen LogP contribution is 2.19. The molecular formula is C20H25FN2O. The second kappa shape index (κ2) is 8.60. The van der Waals surface area contributed by atoms with E-state index < -0.39 is 0 Å². The van der Waals surface area contributed by atoms with Crippen molar-refractivity contribution in [2.24, 2.45) is 0 Å². The van der Waals surface area contributed by atoms with Gasteiger partial charge >= 0.3 is 0 Å². The molecular weight excluding hydrogens is 303 g/mol. The molecule has 24 heavy (non-hydrogen) atoms. The second-order valence-electron chi connectivity index (χ2n) is 6.04. The third kappa shape index (κ3) is 4.90. The van der Waals surface area contributed by atoms with Gasteiger partial charge in [-0.15, -0.1) is 0 Å². The molecule has 2 aromatic carbocycles. The molecule has 128 valence electrons. The van der Waals surface area contributed by atoms with E-state index in [-0.39, 0.29) is 17.8 Å². The van der Waals surface area contributed by atoms with Crippen molar-refractivity contribution in [1.29, 1.82) is 0 Å². The van der Waals surface area contributed by atoms with Crippen molar-refractivity contribution in [3.8, 4) is 0 Å². The molecule has 2 rings (SSSR count). The van der Waals surface area contributed by atoms with E-state index in [4.69, 9.17) is 0 Å². The van der Waals surface area contributed by atoms with Crippen molar-refractivity contribution in [2.45, 2.75) is 26.4 Å². The lowest BCUT2D eigenvalue weighted by atomic mass is 10.1. The zero-order chi connectivity index (χ0) is 17.5. The van der Waals surface area contributed by atoms with Crippen molar-refractivity contribution in [3.63, 3.8) is 0 Å². The van der Waals surface area contributed by atoms with Crippen LogP contribution in [-0.2, 0) is 11.3 Å². The molecule has 1 unspecified atom stereocenters. The summed E-state index contributed by atoms with van der Waals surface area (Å²) in [6.45, 7) is 5.64. The number of carbonyl (C=O) groups excluding carboxylic acids is 1. The molecule has 4 heteroatoms. The highest BCUT2D eigenvalue weighted by Gasteiger charge is 2.18. The number of rotatable bonds is 7. The van der Waals surface area contributed by atoms with Gasteiger partial charge in [-0.2, -0.15) is 0 Å². The maximum Gasteiger partial charge on any atom is 0.237 e. The van der Waals surface area contributed by atoms with Gasteiger partial charge in [0.2, 0.25) is 5.91 Å². The minimum atomic E-state index is -0.246. The molecule has 0 aliphatic carbocycles. The van der Waals surface area contributed by atoms with Crippen LogP contribution in [0.5, 0.6) is 0 Å². The largest absolute Gasteiger partial charge is 0.338 e. The molecule has 0 saturated carbocycles. The first kappa shape index (κ1) is 18.1. The van der Waals surface area contributed by atoms with Gasteiger partial charge in [0.15, 0.2) is 0 Å². The molecule has 0 spiro atoms. The van der Waals surface area contributed by atoms with Crippen LogP contribution in [0.3, 0.4) is 0 Å². The van der Waals surface area contributed by atoms with Gasteiger partial charge in [-0.1, -0.05) is 42.5 Å². The van der Waals surface area contributed by atoms with Gasteiger partial charge in [-0.05, 0) is 44.2 Å². The van der Waals surface area contributed by atoms with E-state index in [9.17, 15) is 9.18 Å². The topological polar surface area (TPSA) is 23.6 Å². The van der Waals surface area contributed by atoms with Crippen LogP contribution in [0.15, 0.2) is 54.6 Å². The maximum atomic E-state index is 13.0. The Morgan fingerprint density at radius 2 is 1.71 bits per heavy atom. The van der Waals surface area contributed by atoms with E-state index in [1.165, 1.54) is 12.1 Å². The van der Waals surface area contributed by atoms with E-state index in [2.05, 4.69) is 0 Å². The third-order valence-corrected chi connectivity index (χ3v) is 4.35. The first-order valence-electron chi connectivity index (χ1n) is 8.28. The fraction of sp³-hybridized carbons (Fsp3) is 0.350. The quantitative estimate of drug-likeness (QED) is 0.770. The summed E-state index contributed by atoms with van der Waals surface area (Å²) in [6.07, 6.45) is 0. The maximum absolute atomic E-state index is 13.0. The van der Waals surface area contributed by atoms with E-state index in [1.54, 1.807) is 12.1 Å². The van der Waals surface area contributed by atoms with Crippen molar-refractivity contribution in [3.05, 3.63) is 71.5 Å². The summed E-state index contributed by atoms with van der Waals surface area (Å²) in [5, 5.41) is 0. The minimum absolute atomic E-state index is 0.0463. The van der Waals surface area contributed by atoms with Crippen molar-refractivity contribution in [1.82, 2.24) is 9.80 Å². The Bertz CT molecular complexity index is 642. The van der Waals surface area contributed by atoms with Crippen LogP contribution in [0.25, 0.3) is 0 Å². The Hall–Kier alpha value is -2.20. The first-order chi connectivity index (χ1) is 11.5. The standard InChI is InChI=1S/C20H25FN2O/c1-4-23(14-17-8-6-5-7-9-17)20(24)15-22(3)16(2)18-10-12-19(21)13-11-18/h5-13,16H,4,14-15H2,1-3H3. The molecule has 0 saturated heterocycles. The molecule has 2 aromatic rings. The summed E-state index contributed by atoms with van der Waals surface area (Å²) in [5.41, 5.74) is 2.12. The molecule has 0 fully saturated rings. The summed E-state index contributed by atoms with van der Waals surface area (Å²) < 4.78 is 13.0. The normalized spacial score (nSPS) is 12.2. The lowest BCUT2D eigenvalue weighted by molar-refractivity contribution is -0.133. The predicted octanol–water partition coefficient (Wildman–Crippen LogP) is 3.87. The second-order valence-corrected chi connectivity index (χ2v) is 6.04. The van der Waals surface area contributed by atoms with Crippen LogP contribution in [0.4, 0.5) is 4.39 Å². The molecule has 1 amide bonds. The monoisotopic (exact) mass is 328 g/mol. The van der Waals surface area contributed by atoms with Gasteiger partial charge in [0.05, 0.1) is 6.54 Å². The molecule has 3 nitrogen and oxygen atoms in total. The molecule has 0 aromatic heterocycles. The van der Waals surface area contributed by atoms with Crippen LogP contribution >= 0.6 is 0 Å². The van der Waals surface area contributed by atoms with Gasteiger partial charge in [0.1, 0.15) is 5.82 Å². The number of carbonyl (C=O) groups is 1. The van der Waals surface area contributed by atoms with E-state index in [1.807, 2.05) is 61.0 Å². The van der Waals surface area contributed by atoms with Gasteiger partial charge in [0, 0.05) is 19.1 Å². The molecule has 0 aliphatic rings. The van der Waals surface area contributed by atoms with Crippen molar-refractivity contribution < 1.29 is 9.18 Å². The molecule has 0 bridgehead atoms. The summed E-state index contributed by atoms with van der Waals surface area (Å²) >= 11 is 0. The molecule has 0 radical (unpaired) electrons. The molecule has 0 heterocycles. The van der Waals surface area contributed by atoms with Crippen LogP contribution in [0.1, 0.15) is 31.0 Å². The number of benzene rings is 2. The molecule has 1 atom stereocenters. The van der Waals surface area contributed by atoms with Gasteiger partial charge in [0.25, 0.3) is 0 Å². The summed E-state index contributed by atoms with van der Waals surface area (Å²) in [5.74, 6) is -0.150. The average molecular weight is 328 g/mol. The van der Waals surface area contributed by atoms with E-state index >= 15 is 0 Å². The number of hydrogen-bond acceptors (Lipinski definition) is 2. The van der Waals surface area contributed by atoms with Gasteiger partial charge < -0.3 is 4.90 Å². The minimum Gasteiger partial charge on any atom is -0.338 e. The highest BCUT2D eigenvalue weighted by atomic mass is 19.1. The van der Waals surface area contributed by atoms with Crippen LogP contribution in [0, 0.1) is 5.82 Å². The van der Waals surface area contributed by atoms with Gasteiger partial charge in [-0.25, -0.2) is 4.39 Å². The Morgan fingerprint density at radius 1 is 1.08 bits per heavy atom. The Kier molecular flexibility index (Phi) is 6.50. The van der Waals surface area contributed by atoms with E-state index in [0.29, 0.717) is 19.6 Å². The predicted molar refractivity (Wildman–Crippen MR) is 95.0 cm³/mol. The summed E-state index contributed by atoms with van der Waals surface area (Å²) in [4.78, 5) is 16.4. The summed E-state index contributed by atoms with van der Waals surface area (Å²) in [7, 11) is 1.92. The van der Waals surface area contributed by atoms with Crippen molar-refractivity contribution in [2.75, 3.05) is 20.1 Å². The Balaban J connectivity index is 1.97. The van der Waals surface area contributed by atoms with Crippen LogP contribution in [-0.4, -0.2) is 35.8 Å². The lowest BCUT2D eigenvalue weighted by Crippen LogP contribution is -2.39. The molecule has 0 aliphatic heterocycles. The van der Waals surface area contributed by atoms with Crippen LogP contribution in [0.2, 0.25) is 0 Å². The average Bonchev–Trinajstić information content (AvgIpc) is 2.60. The Morgan fingerprint density at radius 3 is 2.29 bits per heavy atom. The third-order valence-electron chi connectivity index (χ3n) is 4.35. The number of halogens is 1. The number of hydrogen-bond donors (Lipinski definition) is 0. The van der Waals surface area contributed by atoms with Crippen LogP contribution < -0.4 is 0 Å². The number of likely N-dealkylation sites (N-methyl/N-ethyl adjacent to an activating group) is 2. The fourth-order valence-electron chi connectivity index (χ4n) is 2.63. The number of amides is 1. The lowest BCUT2D eigenvalue weighted by Gasteiger charge is -2.28. The summed E-state index contributed by atoms with van der Waals surface area (Å²) in [6, 6.07) is 16.5. The highest BCUT2D eigenvalue weighted by molar-refractivity contribution is 5.78. The number of nitrogens with zero attached hydrogens (tertiary/aromatic N) is 2. The Labute approximate surface area is 143 Å². The SMILES string of the molecule is CCN(Cc1ccccc1)C(=O)CN(C)C(C)c1ccc(F)cc1. The smallest absolute Gasteiger partial charge is 0.237 e. The van der Waals surface area contributed by atoms with Crippen molar-refractivity contribution >= 4 is 5.91 Å². The zero-order valence-corrected chi connectivity index (χ0v) is 14.6.